The van der Waals surface area contributed by atoms with Crippen molar-refractivity contribution in [2.45, 2.75) is 53.1 Å². The highest BCUT2D eigenvalue weighted by molar-refractivity contribution is 6.28. The molecular weight excluding hydrogens is 352 g/mol. The number of nitrogens with zero attached hydrogens (tertiary/aromatic N) is 4. The molecule has 0 fully saturated rings. The number of nitrogens with one attached hydrogen (secondary N) is 2. The van der Waals surface area contributed by atoms with Crippen molar-refractivity contribution >= 4 is 28.6 Å². The van der Waals surface area contributed by atoms with E-state index < -0.39 is 0 Å². The van der Waals surface area contributed by atoms with Crippen LogP contribution in [0.1, 0.15) is 49.6 Å². The van der Waals surface area contributed by atoms with Crippen LogP contribution in [0.5, 0.6) is 0 Å². The molecule has 3 heterocycles. The monoisotopic (exact) mass is 374 g/mol. The van der Waals surface area contributed by atoms with Crippen LogP contribution < -0.4 is 10.9 Å². The van der Waals surface area contributed by atoms with E-state index in [0.29, 0.717) is 35.1 Å². The summed E-state index contributed by atoms with van der Waals surface area (Å²) >= 11 is 6.14. The summed E-state index contributed by atoms with van der Waals surface area (Å²) in [5, 5.41) is 3.36. The third kappa shape index (κ3) is 3.44. The van der Waals surface area contributed by atoms with Gasteiger partial charge in [0, 0.05) is 23.8 Å². The molecule has 2 N–H and O–H groups in total. The molecule has 0 aliphatic heterocycles. The first-order valence-electron chi connectivity index (χ1n) is 8.77. The number of anilines is 1. The lowest BCUT2D eigenvalue weighted by atomic mass is 10.1. The van der Waals surface area contributed by atoms with Crippen LogP contribution in [0.15, 0.2) is 17.2 Å². The number of hydrogen-bond acceptors (Lipinski definition) is 5. The minimum atomic E-state index is -0.103. The number of imidazole rings is 1. The summed E-state index contributed by atoms with van der Waals surface area (Å²) in [4.78, 5) is 28.1. The van der Waals surface area contributed by atoms with E-state index in [0.717, 1.165) is 24.1 Å². The summed E-state index contributed by atoms with van der Waals surface area (Å²) in [6, 6.07) is 2.25. The lowest BCUT2D eigenvalue weighted by Crippen LogP contribution is -2.19. The van der Waals surface area contributed by atoms with E-state index in [9.17, 15) is 4.79 Å². The summed E-state index contributed by atoms with van der Waals surface area (Å²) in [6.07, 6.45) is 3.73. The molecule has 0 unspecified atom stereocenters. The summed E-state index contributed by atoms with van der Waals surface area (Å²) in [7, 11) is 0. The number of hydrogen-bond donors (Lipinski definition) is 2. The molecule has 26 heavy (non-hydrogen) atoms. The number of H-pyrrole nitrogens is 1. The highest BCUT2D eigenvalue weighted by Crippen LogP contribution is 2.26. The Hall–Kier alpha value is -2.41. The van der Waals surface area contributed by atoms with Crippen LogP contribution in [-0.4, -0.2) is 24.5 Å². The second-order valence-electron chi connectivity index (χ2n) is 6.43. The third-order valence-electron chi connectivity index (χ3n) is 4.66. The molecule has 8 heteroatoms. The van der Waals surface area contributed by atoms with Gasteiger partial charge in [-0.1, -0.05) is 13.8 Å². The van der Waals surface area contributed by atoms with Gasteiger partial charge < -0.3 is 14.9 Å². The maximum absolute atomic E-state index is 12.2. The van der Waals surface area contributed by atoms with Crippen LogP contribution >= 0.6 is 11.6 Å². The third-order valence-corrected chi connectivity index (χ3v) is 4.83. The molecule has 0 amide bonds. The van der Waals surface area contributed by atoms with Crippen LogP contribution in [0, 0.1) is 13.8 Å². The number of aromatic amines is 1. The number of aryl methyl sites for hydroxylation is 2. The summed E-state index contributed by atoms with van der Waals surface area (Å²) in [5.74, 6) is 0.532. The molecule has 0 saturated carbocycles. The second kappa shape index (κ2) is 7.45. The van der Waals surface area contributed by atoms with Gasteiger partial charge in [-0.3, -0.25) is 4.79 Å². The van der Waals surface area contributed by atoms with Gasteiger partial charge in [-0.05, 0) is 49.9 Å². The van der Waals surface area contributed by atoms with E-state index >= 15 is 0 Å². The quantitative estimate of drug-likeness (QED) is 0.641. The molecule has 3 rings (SSSR count). The zero-order valence-corrected chi connectivity index (χ0v) is 16.2. The number of fused-ring (bicyclic) bond motifs is 1. The van der Waals surface area contributed by atoms with Gasteiger partial charge in [-0.15, -0.1) is 0 Å². The fraction of sp³-hybridized carbons (Fsp3) is 0.444. The summed E-state index contributed by atoms with van der Waals surface area (Å²) in [6.45, 7) is 8.39. The van der Waals surface area contributed by atoms with E-state index in [4.69, 9.17) is 11.6 Å². The van der Waals surface area contributed by atoms with E-state index in [1.54, 1.807) is 6.33 Å². The van der Waals surface area contributed by atoms with Gasteiger partial charge >= 0.3 is 0 Å². The van der Waals surface area contributed by atoms with Gasteiger partial charge in [0.1, 0.15) is 0 Å². The zero-order valence-electron chi connectivity index (χ0n) is 15.4. The second-order valence-corrected chi connectivity index (χ2v) is 6.77. The molecule has 0 radical (unpaired) electrons. The molecule has 0 bridgehead atoms. The van der Waals surface area contributed by atoms with Gasteiger partial charge in [0.2, 0.25) is 5.28 Å². The lowest BCUT2D eigenvalue weighted by Gasteiger charge is -2.15. The summed E-state index contributed by atoms with van der Waals surface area (Å²) in [5.41, 5.74) is 3.69. The lowest BCUT2D eigenvalue weighted by molar-refractivity contribution is 0.480. The molecule has 138 valence electrons. The van der Waals surface area contributed by atoms with Crippen molar-refractivity contribution < 1.29 is 0 Å². The topological polar surface area (TPSA) is 88.5 Å². The van der Waals surface area contributed by atoms with Crippen molar-refractivity contribution in [2.75, 3.05) is 5.32 Å². The van der Waals surface area contributed by atoms with Crippen molar-refractivity contribution in [3.8, 4) is 0 Å². The van der Waals surface area contributed by atoms with E-state index in [-0.39, 0.29) is 10.8 Å². The van der Waals surface area contributed by atoms with Crippen LogP contribution in [0.4, 0.5) is 5.82 Å². The maximum Gasteiger partial charge on any atom is 0.253 e. The molecular formula is C18H23ClN6O. The van der Waals surface area contributed by atoms with Crippen molar-refractivity contribution in [1.82, 2.24) is 24.5 Å². The number of rotatable bonds is 6. The first kappa shape index (κ1) is 18.4. The highest BCUT2D eigenvalue weighted by atomic mass is 35.5. The predicted octanol–water partition coefficient (Wildman–Crippen LogP) is 3.76. The molecule has 7 nitrogen and oxygen atoms in total. The van der Waals surface area contributed by atoms with Crippen LogP contribution in [0.2, 0.25) is 5.28 Å². The number of aromatic nitrogens is 5. The first-order valence-corrected chi connectivity index (χ1v) is 9.15. The SMILES string of the molecule is CCC(CC)n1cnc2c(NCc3c(C)cc(C)[nH]c3=O)nc(Cl)nc21. The molecule has 3 aromatic rings. The van der Waals surface area contributed by atoms with Gasteiger partial charge in [-0.25, -0.2) is 4.98 Å². The number of pyridine rings is 1. The van der Waals surface area contributed by atoms with Crippen LogP contribution in [0.25, 0.3) is 11.2 Å². The van der Waals surface area contributed by atoms with Crippen molar-refractivity contribution in [3.63, 3.8) is 0 Å². The molecule has 0 saturated heterocycles. The Bertz CT molecular complexity index is 989. The maximum atomic E-state index is 12.2. The van der Waals surface area contributed by atoms with E-state index in [1.165, 1.54) is 0 Å². The molecule has 0 aliphatic rings. The molecule has 0 aliphatic carbocycles. The fourth-order valence-corrected chi connectivity index (χ4v) is 3.40. The Morgan fingerprint density at radius 2 is 2.00 bits per heavy atom. The Balaban J connectivity index is 1.97. The van der Waals surface area contributed by atoms with Crippen molar-refractivity contribution in [1.29, 1.82) is 0 Å². The van der Waals surface area contributed by atoms with Gasteiger partial charge in [0.25, 0.3) is 5.56 Å². The average Bonchev–Trinajstić information content (AvgIpc) is 2.99. The summed E-state index contributed by atoms with van der Waals surface area (Å²) < 4.78 is 2.04. The normalized spacial score (nSPS) is 11.5. The molecule has 0 spiro atoms. The molecule has 3 aromatic heterocycles. The minimum Gasteiger partial charge on any atom is -0.364 e. The minimum absolute atomic E-state index is 0.103. The first-order chi connectivity index (χ1) is 12.4. The molecule has 0 aromatic carbocycles. The van der Waals surface area contributed by atoms with Crippen molar-refractivity contribution in [3.05, 3.63) is 44.9 Å². The number of halogens is 1. The Morgan fingerprint density at radius 1 is 1.27 bits per heavy atom. The predicted molar refractivity (Wildman–Crippen MR) is 104 cm³/mol. The average molecular weight is 375 g/mol. The van der Waals surface area contributed by atoms with E-state index in [1.807, 2.05) is 24.5 Å². The standard InChI is InChI=1S/C18H23ClN6O/c1-5-12(6-2)25-9-21-14-15(23-18(19)24-16(14)25)20-8-13-10(3)7-11(4)22-17(13)26/h7,9,12H,5-6,8H2,1-4H3,(H,22,26)(H,20,23,24). The fourth-order valence-electron chi connectivity index (χ4n) is 3.24. The Kier molecular flexibility index (Phi) is 5.27. The van der Waals surface area contributed by atoms with Gasteiger partial charge in [0.05, 0.1) is 6.33 Å². The van der Waals surface area contributed by atoms with E-state index in [2.05, 4.69) is 39.1 Å². The van der Waals surface area contributed by atoms with Crippen LogP contribution in [0.3, 0.4) is 0 Å². The van der Waals surface area contributed by atoms with Crippen LogP contribution in [-0.2, 0) is 6.54 Å². The van der Waals surface area contributed by atoms with Crippen molar-refractivity contribution in [2.24, 2.45) is 0 Å². The Labute approximate surface area is 156 Å². The highest BCUT2D eigenvalue weighted by Gasteiger charge is 2.17. The smallest absolute Gasteiger partial charge is 0.253 e. The molecule has 0 atom stereocenters. The zero-order chi connectivity index (χ0) is 18.8. The Morgan fingerprint density at radius 3 is 2.65 bits per heavy atom. The van der Waals surface area contributed by atoms with Gasteiger partial charge in [-0.2, -0.15) is 9.97 Å². The largest absolute Gasteiger partial charge is 0.364 e. The van der Waals surface area contributed by atoms with Gasteiger partial charge in [0.15, 0.2) is 17.0 Å².